The summed E-state index contributed by atoms with van der Waals surface area (Å²) in [4.78, 5) is -2.31. The molecule has 0 aliphatic rings. The summed E-state index contributed by atoms with van der Waals surface area (Å²) < 4.78 is 101. The van der Waals surface area contributed by atoms with Crippen LogP contribution in [0.5, 0.6) is 5.75 Å². The van der Waals surface area contributed by atoms with Gasteiger partial charge < -0.3 is 10.8 Å². The number of hydrogen-bond acceptors (Lipinski definition) is 13. The van der Waals surface area contributed by atoms with E-state index in [4.69, 9.17) is 11.0 Å². The Hall–Kier alpha value is -5.36. The van der Waals surface area contributed by atoms with E-state index in [0.29, 0.717) is 11.3 Å². The van der Waals surface area contributed by atoms with Gasteiger partial charge in [-0.1, -0.05) is 6.07 Å². The van der Waals surface area contributed by atoms with E-state index in [-0.39, 0.29) is 32.9 Å². The Morgan fingerprint density at radius 3 is 1.80 bits per heavy atom. The maximum Gasteiger partial charge on any atom is 0.296 e. The van der Waals surface area contributed by atoms with Crippen molar-refractivity contribution >= 4 is 80.3 Å². The minimum Gasteiger partial charge on any atom is -0.505 e. The van der Waals surface area contributed by atoms with Gasteiger partial charge in [0.05, 0.1) is 39.3 Å². The topological polar surface area (TPSA) is 283 Å². The van der Waals surface area contributed by atoms with Gasteiger partial charge in [-0.25, -0.2) is 0 Å². The Labute approximate surface area is 260 Å². The standard InChI is InChI=1S/C27H18N6O10S3/c28-13-14-1-3-16(4-2-14)30-31-22-7-8-23(20-11-17(44(35,36)37)5-6-18(20)22)32-33-26-25(46(41,42)43)10-15-9-24(45(38,39)40)21(29)12-19(15)27(26)34/h1-12,34H,29H2,(H,35,36,37)(H,38,39,40)(H,41,42,43)/b31-30+,33-32+. The van der Waals surface area contributed by atoms with Crippen molar-refractivity contribution in [1.82, 2.24) is 0 Å². The van der Waals surface area contributed by atoms with Crippen molar-refractivity contribution < 1.29 is 44.0 Å². The molecule has 0 aromatic heterocycles. The number of benzene rings is 5. The van der Waals surface area contributed by atoms with Crippen LogP contribution in [0.25, 0.3) is 21.5 Å². The Balaban J connectivity index is 1.70. The second-order valence-corrected chi connectivity index (χ2v) is 13.7. The third kappa shape index (κ3) is 6.38. The minimum absolute atomic E-state index is 0.0332. The molecule has 19 heteroatoms. The second-order valence-electron chi connectivity index (χ2n) is 9.48. The lowest BCUT2D eigenvalue weighted by molar-refractivity contribution is 0.472. The predicted molar refractivity (Wildman–Crippen MR) is 163 cm³/mol. The summed E-state index contributed by atoms with van der Waals surface area (Å²) in [7, 11) is -14.7. The lowest BCUT2D eigenvalue weighted by atomic mass is 10.1. The Morgan fingerprint density at radius 2 is 1.22 bits per heavy atom. The van der Waals surface area contributed by atoms with Gasteiger partial charge in [0.15, 0.2) is 5.75 Å². The third-order valence-electron chi connectivity index (χ3n) is 6.50. The fourth-order valence-electron chi connectivity index (χ4n) is 4.36. The molecule has 5 rings (SSSR count). The highest BCUT2D eigenvalue weighted by Gasteiger charge is 2.25. The summed E-state index contributed by atoms with van der Waals surface area (Å²) in [5, 5.41) is 35.8. The zero-order valence-corrected chi connectivity index (χ0v) is 25.2. The molecule has 0 spiro atoms. The third-order valence-corrected chi connectivity index (χ3v) is 9.13. The van der Waals surface area contributed by atoms with Crippen molar-refractivity contribution in [2.24, 2.45) is 20.5 Å². The van der Waals surface area contributed by atoms with Crippen LogP contribution < -0.4 is 5.73 Å². The molecule has 0 aliphatic carbocycles. The molecule has 6 N–H and O–H groups in total. The number of nitriles is 1. The number of phenolic OH excluding ortho intramolecular Hbond substituents is 1. The summed E-state index contributed by atoms with van der Waals surface area (Å²) in [5.41, 5.74) is 5.30. The number of azo groups is 2. The van der Waals surface area contributed by atoms with E-state index in [9.17, 15) is 44.0 Å². The number of hydrogen-bond donors (Lipinski definition) is 5. The molecule has 0 radical (unpaired) electrons. The molecule has 5 aromatic rings. The van der Waals surface area contributed by atoms with Crippen molar-refractivity contribution in [1.29, 1.82) is 5.26 Å². The highest BCUT2D eigenvalue weighted by molar-refractivity contribution is 7.86. The number of phenols is 1. The van der Waals surface area contributed by atoms with Crippen molar-refractivity contribution in [2.45, 2.75) is 14.7 Å². The van der Waals surface area contributed by atoms with Crippen LogP contribution in [0.4, 0.5) is 28.4 Å². The molecular weight excluding hydrogens is 665 g/mol. The molecule has 0 bridgehead atoms. The SMILES string of the molecule is N#Cc1ccc(/N=N/c2ccc(/N=N/c3c(S(=O)(=O)O)cc4cc(S(=O)(=O)O)c(N)cc4c3O)c3cc(S(=O)(=O)O)ccc23)cc1. The predicted octanol–water partition coefficient (Wildman–Crippen LogP) is 5.72. The van der Waals surface area contributed by atoms with Gasteiger partial charge in [-0.2, -0.15) is 35.6 Å². The fraction of sp³-hybridized carbons (Fsp3) is 0. The van der Waals surface area contributed by atoms with E-state index in [1.807, 2.05) is 6.07 Å². The Morgan fingerprint density at radius 1 is 0.630 bits per heavy atom. The van der Waals surface area contributed by atoms with Gasteiger partial charge in [-0.3, -0.25) is 13.7 Å². The molecule has 5 aromatic carbocycles. The molecule has 0 atom stereocenters. The Kier molecular flexibility index (Phi) is 8.03. The van der Waals surface area contributed by atoms with E-state index < -0.39 is 62.2 Å². The first-order valence-corrected chi connectivity index (χ1v) is 16.7. The van der Waals surface area contributed by atoms with Gasteiger partial charge in [0.1, 0.15) is 15.5 Å². The number of anilines is 1. The first-order chi connectivity index (χ1) is 21.5. The molecule has 46 heavy (non-hydrogen) atoms. The molecular formula is C27H18N6O10S3. The molecule has 16 nitrogen and oxygen atoms in total. The fourth-order valence-corrected chi connectivity index (χ4v) is 6.15. The van der Waals surface area contributed by atoms with Crippen molar-refractivity contribution in [3.63, 3.8) is 0 Å². The minimum atomic E-state index is -5.14. The first-order valence-electron chi connectivity index (χ1n) is 12.4. The maximum atomic E-state index is 12.3. The number of aromatic hydroxyl groups is 1. The van der Waals surface area contributed by atoms with Crippen LogP contribution in [0.15, 0.2) is 108 Å². The van der Waals surface area contributed by atoms with E-state index in [2.05, 4.69) is 20.5 Å². The molecule has 0 saturated heterocycles. The number of rotatable bonds is 7. The van der Waals surface area contributed by atoms with Crippen LogP contribution >= 0.6 is 0 Å². The normalized spacial score (nSPS) is 12.7. The molecule has 0 heterocycles. The lowest BCUT2D eigenvalue weighted by Crippen LogP contribution is -2.04. The average Bonchev–Trinajstić information content (AvgIpc) is 2.98. The van der Waals surface area contributed by atoms with E-state index in [1.165, 1.54) is 30.3 Å². The second kappa shape index (κ2) is 11.5. The van der Waals surface area contributed by atoms with Gasteiger partial charge in [0.25, 0.3) is 30.4 Å². The monoisotopic (exact) mass is 682 g/mol. The van der Waals surface area contributed by atoms with E-state index >= 15 is 0 Å². The number of fused-ring (bicyclic) bond motifs is 2. The van der Waals surface area contributed by atoms with Gasteiger partial charge in [0, 0.05) is 16.2 Å². The first kappa shape index (κ1) is 32.0. The molecule has 0 amide bonds. The van der Waals surface area contributed by atoms with Gasteiger partial charge in [0.2, 0.25) is 0 Å². The van der Waals surface area contributed by atoms with Crippen LogP contribution in [-0.4, -0.2) is 44.0 Å². The van der Waals surface area contributed by atoms with Gasteiger partial charge in [-0.05, 0) is 72.1 Å². The van der Waals surface area contributed by atoms with Crippen LogP contribution in [0.1, 0.15) is 5.56 Å². The lowest BCUT2D eigenvalue weighted by Gasteiger charge is -2.11. The average molecular weight is 683 g/mol. The van der Waals surface area contributed by atoms with E-state index in [1.54, 1.807) is 12.1 Å². The number of nitrogens with zero attached hydrogens (tertiary/aromatic N) is 5. The number of nitrogen functional groups attached to an aromatic ring is 1. The zero-order chi connectivity index (χ0) is 33.6. The molecule has 0 saturated carbocycles. The van der Waals surface area contributed by atoms with Crippen LogP contribution in [0.2, 0.25) is 0 Å². The zero-order valence-electron chi connectivity index (χ0n) is 22.7. The molecule has 0 fully saturated rings. The van der Waals surface area contributed by atoms with Gasteiger partial charge >= 0.3 is 0 Å². The smallest absolute Gasteiger partial charge is 0.296 e. The largest absolute Gasteiger partial charge is 0.505 e. The summed E-state index contributed by atoms with van der Waals surface area (Å²) in [6, 6.07) is 16.8. The summed E-state index contributed by atoms with van der Waals surface area (Å²) in [6.45, 7) is 0. The highest BCUT2D eigenvalue weighted by Crippen LogP contribution is 2.44. The van der Waals surface area contributed by atoms with Crippen LogP contribution in [-0.2, 0) is 30.4 Å². The molecule has 0 aliphatic heterocycles. The molecule has 0 unspecified atom stereocenters. The van der Waals surface area contributed by atoms with Crippen molar-refractivity contribution in [2.75, 3.05) is 5.73 Å². The van der Waals surface area contributed by atoms with Gasteiger partial charge in [-0.15, -0.1) is 15.3 Å². The summed E-state index contributed by atoms with van der Waals surface area (Å²) >= 11 is 0. The van der Waals surface area contributed by atoms with Crippen molar-refractivity contribution in [3.8, 4) is 11.8 Å². The highest BCUT2D eigenvalue weighted by atomic mass is 32.2. The van der Waals surface area contributed by atoms with E-state index in [0.717, 1.165) is 30.3 Å². The van der Waals surface area contributed by atoms with Crippen LogP contribution in [0, 0.1) is 11.3 Å². The molecule has 234 valence electrons. The van der Waals surface area contributed by atoms with Crippen LogP contribution in [0.3, 0.4) is 0 Å². The number of nitrogens with two attached hydrogens (primary N) is 1. The summed E-state index contributed by atoms with van der Waals surface area (Å²) in [6.07, 6.45) is 0. The van der Waals surface area contributed by atoms with Crippen molar-refractivity contribution in [3.05, 3.63) is 78.4 Å². The maximum absolute atomic E-state index is 12.3. The quantitative estimate of drug-likeness (QED) is 0.0782. The Bertz CT molecular complexity index is 2530. The summed E-state index contributed by atoms with van der Waals surface area (Å²) in [5.74, 6) is -0.891.